The molecule has 3 rings (SSSR count). The summed E-state index contributed by atoms with van der Waals surface area (Å²) >= 11 is 0. The van der Waals surface area contributed by atoms with Crippen molar-refractivity contribution in [1.82, 2.24) is 0 Å². The molecule has 0 fully saturated rings. The van der Waals surface area contributed by atoms with Gasteiger partial charge in [-0.25, -0.2) is 0 Å². The average molecular weight is 699 g/mol. The van der Waals surface area contributed by atoms with E-state index in [1.807, 2.05) is 12.1 Å². The van der Waals surface area contributed by atoms with Crippen molar-refractivity contribution in [2.75, 3.05) is 0 Å². The highest BCUT2D eigenvalue weighted by atomic mass is 16.5. The van der Waals surface area contributed by atoms with Crippen molar-refractivity contribution in [3.05, 3.63) is 88.0 Å². The Morgan fingerprint density at radius 3 is 1.27 bits per heavy atom. The van der Waals surface area contributed by atoms with Crippen LogP contribution in [0.5, 0.6) is 17.2 Å². The lowest BCUT2D eigenvalue weighted by Gasteiger charge is -2.23. The molecular weight excluding hydrogens is 625 g/mol. The van der Waals surface area contributed by atoms with Gasteiger partial charge in [0.05, 0.1) is 6.10 Å². The second-order valence-electron chi connectivity index (χ2n) is 15.2. The van der Waals surface area contributed by atoms with Gasteiger partial charge in [-0.15, -0.1) is 0 Å². The molecule has 2 atom stereocenters. The number of phenolic OH excluding ortho intramolecular Hbond substituents is 1. The van der Waals surface area contributed by atoms with Crippen molar-refractivity contribution >= 4 is 0 Å². The minimum atomic E-state index is -0.0721. The summed E-state index contributed by atoms with van der Waals surface area (Å²) in [5, 5.41) is 11.2. The van der Waals surface area contributed by atoms with Gasteiger partial charge >= 0.3 is 0 Å². The lowest BCUT2D eigenvalue weighted by Crippen LogP contribution is -2.20. The fourth-order valence-electron chi connectivity index (χ4n) is 7.58. The van der Waals surface area contributed by atoms with Crippen LogP contribution in [0.15, 0.2) is 54.6 Å². The zero-order chi connectivity index (χ0) is 36.7. The Morgan fingerprint density at radius 1 is 0.431 bits per heavy atom. The first-order valence-corrected chi connectivity index (χ1v) is 21.3. The second kappa shape index (κ2) is 25.1. The quantitative estimate of drug-likeness (QED) is 0.0767. The fraction of sp³-hybridized carbons (Fsp3) is 0.625. The van der Waals surface area contributed by atoms with E-state index in [0.717, 1.165) is 54.7 Å². The molecule has 2 unspecified atom stereocenters. The topological polar surface area (TPSA) is 38.7 Å². The number of ether oxygens (including phenoxy) is 2. The van der Waals surface area contributed by atoms with Crippen LogP contribution in [0.4, 0.5) is 0 Å². The van der Waals surface area contributed by atoms with Gasteiger partial charge in [0.1, 0.15) is 23.4 Å². The average Bonchev–Trinajstić information content (AvgIpc) is 3.12. The van der Waals surface area contributed by atoms with Crippen LogP contribution in [0.1, 0.15) is 178 Å². The third kappa shape index (κ3) is 15.3. The summed E-state index contributed by atoms with van der Waals surface area (Å²) < 4.78 is 13.6. The molecule has 51 heavy (non-hydrogen) atoms. The summed E-state index contributed by atoms with van der Waals surface area (Å²) in [6.45, 7) is 13.4. The molecular formula is C48H74O3. The van der Waals surface area contributed by atoms with Crippen LogP contribution in [0.2, 0.25) is 0 Å². The standard InChI is InChI=1S/C48H74O3/c1-7-11-15-19-26-40-28-24-34-47(43(40)31-21-17-13-9-3)50-38(5)36-42-30-23-33-46(49)45(42)37-39(6)51-48-35-25-29-41(27-20-16-12-8-2)44(48)32-22-18-14-10-4/h23-25,28-30,33-35,38-39,49H,7-22,26-27,31-32,36-37H2,1-6H3. The lowest BCUT2D eigenvalue weighted by atomic mass is 9.95. The SMILES string of the molecule is CCCCCCc1cccc(OC(C)Cc2cccc(O)c2CC(C)Oc2cccc(CCCCCC)c2CCCCCC)c1CCCCCC. The van der Waals surface area contributed by atoms with Crippen LogP contribution in [0.3, 0.4) is 0 Å². The van der Waals surface area contributed by atoms with Gasteiger partial charge in [-0.2, -0.15) is 0 Å². The zero-order valence-corrected chi connectivity index (χ0v) is 33.7. The smallest absolute Gasteiger partial charge is 0.123 e. The molecule has 3 nitrogen and oxygen atoms in total. The predicted molar refractivity (Wildman–Crippen MR) is 220 cm³/mol. The molecule has 0 aliphatic heterocycles. The van der Waals surface area contributed by atoms with Gasteiger partial charge < -0.3 is 14.6 Å². The Bertz CT molecular complexity index is 1360. The number of hydrogen-bond donors (Lipinski definition) is 1. The summed E-state index contributed by atoms with van der Waals surface area (Å²) in [6, 6.07) is 19.3. The number of hydrogen-bond acceptors (Lipinski definition) is 3. The Morgan fingerprint density at radius 2 is 0.824 bits per heavy atom. The normalized spacial score (nSPS) is 12.6. The first-order valence-electron chi connectivity index (χ1n) is 21.3. The third-order valence-electron chi connectivity index (χ3n) is 10.5. The molecule has 0 heterocycles. The second-order valence-corrected chi connectivity index (χ2v) is 15.2. The maximum absolute atomic E-state index is 11.2. The van der Waals surface area contributed by atoms with Crippen LogP contribution in [-0.2, 0) is 38.5 Å². The summed E-state index contributed by atoms with van der Waals surface area (Å²) in [5.41, 5.74) is 7.85. The van der Waals surface area contributed by atoms with Crippen molar-refractivity contribution in [3.8, 4) is 17.2 Å². The summed E-state index contributed by atoms with van der Waals surface area (Å²) in [7, 11) is 0. The summed E-state index contributed by atoms with van der Waals surface area (Å²) in [4.78, 5) is 0. The van der Waals surface area contributed by atoms with Crippen LogP contribution in [0, 0.1) is 0 Å². The molecule has 1 N–H and O–H groups in total. The Balaban J connectivity index is 1.75. The largest absolute Gasteiger partial charge is 0.508 e. The number of phenols is 1. The molecule has 3 aromatic carbocycles. The van der Waals surface area contributed by atoms with Crippen LogP contribution >= 0.6 is 0 Å². The van der Waals surface area contributed by atoms with Gasteiger partial charge in [0.2, 0.25) is 0 Å². The maximum atomic E-state index is 11.2. The molecule has 0 aromatic heterocycles. The molecule has 3 aromatic rings. The minimum absolute atomic E-state index is 0.0226. The Hall–Kier alpha value is -2.94. The number of rotatable bonds is 28. The first kappa shape index (κ1) is 42.5. The highest BCUT2D eigenvalue weighted by molar-refractivity contribution is 5.44. The molecule has 3 heteroatoms. The van der Waals surface area contributed by atoms with Crippen molar-refractivity contribution in [2.45, 2.75) is 195 Å². The van der Waals surface area contributed by atoms with E-state index < -0.39 is 0 Å². The number of aryl methyl sites for hydroxylation is 2. The molecule has 0 spiro atoms. The Kier molecular flexibility index (Phi) is 20.9. The molecule has 0 aliphatic carbocycles. The molecule has 284 valence electrons. The van der Waals surface area contributed by atoms with Crippen molar-refractivity contribution in [1.29, 1.82) is 0 Å². The van der Waals surface area contributed by atoms with Crippen molar-refractivity contribution in [3.63, 3.8) is 0 Å². The monoisotopic (exact) mass is 699 g/mol. The minimum Gasteiger partial charge on any atom is -0.508 e. The highest BCUT2D eigenvalue weighted by Crippen LogP contribution is 2.32. The summed E-state index contributed by atoms with van der Waals surface area (Å²) in [5.74, 6) is 2.43. The van der Waals surface area contributed by atoms with Gasteiger partial charge in [-0.05, 0) is 111 Å². The maximum Gasteiger partial charge on any atom is 0.123 e. The lowest BCUT2D eigenvalue weighted by molar-refractivity contribution is 0.212. The van der Waals surface area contributed by atoms with Gasteiger partial charge in [0.25, 0.3) is 0 Å². The van der Waals surface area contributed by atoms with E-state index in [-0.39, 0.29) is 12.2 Å². The summed E-state index contributed by atoms with van der Waals surface area (Å²) in [6.07, 6.45) is 25.9. The van der Waals surface area contributed by atoms with E-state index in [1.54, 1.807) is 0 Å². The van der Waals surface area contributed by atoms with E-state index in [1.165, 1.54) is 125 Å². The molecule has 0 aliphatic rings. The van der Waals surface area contributed by atoms with E-state index in [9.17, 15) is 5.11 Å². The highest BCUT2D eigenvalue weighted by Gasteiger charge is 2.19. The van der Waals surface area contributed by atoms with E-state index in [0.29, 0.717) is 12.2 Å². The van der Waals surface area contributed by atoms with Gasteiger partial charge in [-0.3, -0.25) is 0 Å². The van der Waals surface area contributed by atoms with Crippen LogP contribution < -0.4 is 9.47 Å². The zero-order valence-electron chi connectivity index (χ0n) is 33.7. The fourth-order valence-corrected chi connectivity index (χ4v) is 7.58. The van der Waals surface area contributed by atoms with E-state index >= 15 is 0 Å². The number of aromatic hydroxyl groups is 1. The molecule has 0 bridgehead atoms. The van der Waals surface area contributed by atoms with Crippen molar-refractivity contribution in [2.24, 2.45) is 0 Å². The van der Waals surface area contributed by atoms with Crippen LogP contribution in [0.25, 0.3) is 0 Å². The Labute approximate surface area is 314 Å². The van der Waals surface area contributed by atoms with Crippen LogP contribution in [-0.4, -0.2) is 17.3 Å². The third-order valence-corrected chi connectivity index (χ3v) is 10.5. The van der Waals surface area contributed by atoms with Gasteiger partial charge in [0, 0.05) is 18.4 Å². The number of unbranched alkanes of at least 4 members (excludes halogenated alkanes) is 12. The molecule has 0 amide bonds. The first-order chi connectivity index (χ1) is 24.9. The molecule has 0 saturated heterocycles. The van der Waals surface area contributed by atoms with E-state index in [2.05, 4.69) is 84.0 Å². The molecule has 0 saturated carbocycles. The van der Waals surface area contributed by atoms with Crippen molar-refractivity contribution < 1.29 is 14.6 Å². The van der Waals surface area contributed by atoms with Gasteiger partial charge in [0.15, 0.2) is 0 Å². The van der Waals surface area contributed by atoms with Gasteiger partial charge in [-0.1, -0.05) is 141 Å². The number of benzene rings is 3. The molecule has 0 radical (unpaired) electrons. The predicted octanol–water partition coefficient (Wildman–Crippen LogP) is 13.9. The van der Waals surface area contributed by atoms with E-state index in [4.69, 9.17) is 9.47 Å².